The first-order valence-electron chi connectivity index (χ1n) is 12.2. The fourth-order valence-corrected chi connectivity index (χ4v) is 4.87. The minimum atomic E-state index is -0.917. The van der Waals surface area contributed by atoms with Crippen LogP contribution in [0.1, 0.15) is 53.0 Å². The van der Waals surface area contributed by atoms with Crippen LogP contribution in [0.3, 0.4) is 0 Å². The second kappa shape index (κ2) is 13.0. The van der Waals surface area contributed by atoms with Crippen LogP contribution < -0.4 is 22.5 Å². The molecular weight excluding hydrogens is 723 g/mol. The van der Waals surface area contributed by atoms with Gasteiger partial charge in [-0.05, 0) is 12.8 Å². The third-order valence-electron chi connectivity index (χ3n) is 7.53. The second-order valence-corrected chi connectivity index (χ2v) is 9.38. The van der Waals surface area contributed by atoms with E-state index in [0.29, 0.717) is 12.8 Å². The summed E-state index contributed by atoms with van der Waals surface area (Å²) in [6.45, 7) is 7.29. The Bertz CT molecular complexity index is 1370. The molecule has 2 aliphatic rings. The Kier molecular flexibility index (Phi) is 10.9. The van der Waals surface area contributed by atoms with E-state index < -0.39 is 58.4 Å². The molecule has 2 aromatic rings. The number of terminal acetylenes is 2. The summed E-state index contributed by atoms with van der Waals surface area (Å²) in [5.74, 6) is 4.51. The molecule has 0 amide bonds. The summed E-state index contributed by atoms with van der Waals surface area (Å²) in [5.41, 5.74) is -4.07. The zero-order valence-electron chi connectivity index (χ0n) is 22.2. The molecule has 0 aliphatic carbocycles. The molecule has 1 radical (unpaired) electrons. The smallest absolute Gasteiger partial charge is 0.330 e. The molecule has 0 spiro atoms. The molecule has 207 valence electrons. The first kappa shape index (κ1) is 33.0. The minimum Gasteiger partial charge on any atom is -0.388 e. The average Bonchev–Trinajstić information content (AvgIpc) is 3.30. The predicted molar refractivity (Wildman–Crippen MR) is 137 cm³/mol. The SMILES string of the molecule is C#C[C@]1(CC)O[C@@H](n2ccc(=O)[nH]c2=O)C(O)C1C.C#C[C@]1(CC)O[C@@H](n2ccc(=O)[nH]c2=O)C(O)C1C.[Ac]. The Morgan fingerprint density at radius 3 is 1.38 bits per heavy atom. The number of nitrogens with zero attached hydrogens (tertiary/aromatic N) is 2. The van der Waals surface area contributed by atoms with Gasteiger partial charge in [-0.1, -0.05) is 39.5 Å². The molecule has 39 heavy (non-hydrogen) atoms. The maximum Gasteiger partial charge on any atom is 0.330 e. The quantitative estimate of drug-likeness (QED) is 0.309. The number of H-pyrrole nitrogens is 2. The molecule has 0 aromatic carbocycles. The monoisotopic (exact) mass is 755 g/mol. The topological polar surface area (TPSA) is 169 Å². The van der Waals surface area contributed by atoms with Crippen molar-refractivity contribution >= 4 is 0 Å². The molecule has 0 bridgehead atoms. The van der Waals surface area contributed by atoms with Crippen LogP contribution in [0.2, 0.25) is 0 Å². The fraction of sp³-hybridized carbons (Fsp3) is 0.538. The van der Waals surface area contributed by atoms with Gasteiger partial charge in [0.05, 0.1) is 0 Å². The summed E-state index contributed by atoms with van der Waals surface area (Å²) in [5, 5.41) is 20.5. The maximum atomic E-state index is 11.7. The second-order valence-electron chi connectivity index (χ2n) is 9.38. The van der Waals surface area contributed by atoms with Crippen LogP contribution in [0.15, 0.2) is 43.7 Å². The van der Waals surface area contributed by atoms with Gasteiger partial charge >= 0.3 is 11.4 Å². The van der Waals surface area contributed by atoms with E-state index in [1.54, 1.807) is 13.8 Å². The third kappa shape index (κ3) is 6.10. The van der Waals surface area contributed by atoms with Crippen LogP contribution in [-0.4, -0.2) is 52.7 Å². The van der Waals surface area contributed by atoms with Gasteiger partial charge in [-0.25, -0.2) is 9.59 Å². The van der Waals surface area contributed by atoms with Gasteiger partial charge in [0.15, 0.2) is 12.5 Å². The molecule has 4 unspecified atom stereocenters. The van der Waals surface area contributed by atoms with Crippen molar-refractivity contribution in [1.29, 1.82) is 0 Å². The molecule has 0 saturated carbocycles. The number of aliphatic hydroxyl groups excluding tert-OH is 2. The molecule has 2 saturated heterocycles. The van der Waals surface area contributed by atoms with Crippen LogP contribution in [0.25, 0.3) is 0 Å². The molecule has 4 heterocycles. The summed E-state index contributed by atoms with van der Waals surface area (Å²) in [6.07, 6.45) is 11.0. The minimum absolute atomic E-state index is 0. The standard InChI is InChI=1S/2C13H16N2O4.Ac/c2*1-4-13(5-2)8(3)10(17)11(19-13)15-7-6-9(16)14-12(15)18;/h2*1,6-8,10-11,17H,5H2,2-3H3,(H,14,16,18);/t2*8?,10?,11-,13-;/m11./s1. The summed E-state index contributed by atoms with van der Waals surface area (Å²) in [6, 6.07) is 2.40. The van der Waals surface area contributed by atoms with Crippen LogP contribution >= 0.6 is 0 Å². The predicted octanol–water partition coefficient (Wildman–Crippen LogP) is -0.311. The molecule has 13 heteroatoms. The normalized spacial score (nSPS) is 33.2. The molecule has 2 aromatic heterocycles. The number of aromatic amines is 2. The number of ether oxygens (including phenoxy) is 2. The molecule has 4 rings (SSSR count). The number of aromatic nitrogens is 4. The summed E-state index contributed by atoms with van der Waals surface area (Å²) in [4.78, 5) is 49.8. The maximum absolute atomic E-state index is 11.7. The Morgan fingerprint density at radius 1 is 0.821 bits per heavy atom. The van der Waals surface area contributed by atoms with Crippen molar-refractivity contribution in [2.75, 3.05) is 0 Å². The summed E-state index contributed by atoms with van der Waals surface area (Å²) in [7, 11) is 0. The number of rotatable bonds is 4. The molecule has 8 atom stereocenters. The van der Waals surface area contributed by atoms with E-state index in [1.807, 2.05) is 13.8 Å². The van der Waals surface area contributed by atoms with E-state index in [9.17, 15) is 29.4 Å². The van der Waals surface area contributed by atoms with Gasteiger partial charge in [-0.15, -0.1) is 12.8 Å². The first-order valence-corrected chi connectivity index (χ1v) is 12.2. The third-order valence-corrected chi connectivity index (χ3v) is 7.53. The van der Waals surface area contributed by atoms with E-state index in [4.69, 9.17) is 22.3 Å². The van der Waals surface area contributed by atoms with Gasteiger partial charge in [0.2, 0.25) is 0 Å². The Labute approximate surface area is 260 Å². The number of nitrogens with one attached hydrogen (secondary N) is 2. The van der Waals surface area contributed by atoms with Crippen molar-refractivity contribution in [3.8, 4) is 24.7 Å². The van der Waals surface area contributed by atoms with Gasteiger partial charge in [0, 0.05) is 80.4 Å². The van der Waals surface area contributed by atoms with Gasteiger partial charge in [0.25, 0.3) is 11.1 Å². The van der Waals surface area contributed by atoms with Crippen LogP contribution in [0.4, 0.5) is 0 Å². The molecular formula is C26H32AcN4O8. The van der Waals surface area contributed by atoms with Crippen molar-refractivity contribution in [3.63, 3.8) is 0 Å². The Balaban J connectivity index is 0.000000267. The van der Waals surface area contributed by atoms with Gasteiger partial charge < -0.3 is 19.7 Å². The van der Waals surface area contributed by atoms with Gasteiger partial charge in [-0.2, -0.15) is 0 Å². The molecule has 12 nitrogen and oxygen atoms in total. The Morgan fingerprint density at radius 2 is 1.15 bits per heavy atom. The summed E-state index contributed by atoms with van der Waals surface area (Å²) < 4.78 is 13.8. The van der Waals surface area contributed by atoms with E-state index in [0.717, 1.165) is 9.13 Å². The number of hydrogen-bond donors (Lipinski definition) is 4. The fourth-order valence-electron chi connectivity index (χ4n) is 4.87. The summed E-state index contributed by atoms with van der Waals surface area (Å²) >= 11 is 0. The first-order chi connectivity index (χ1) is 17.9. The van der Waals surface area contributed by atoms with Crippen LogP contribution in [0.5, 0.6) is 0 Å². The molecule has 2 aliphatic heterocycles. The zero-order valence-corrected chi connectivity index (χ0v) is 26.9. The Hall–Kier alpha value is -2.24. The van der Waals surface area contributed by atoms with E-state index >= 15 is 0 Å². The van der Waals surface area contributed by atoms with Crippen molar-refractivity contribution in [2.45, 2.75) is 76.4 Å². The van der Waals surface area contributed by atoms with E-state index in [-0.39, 0.29) is 55.9 Å². The number of hydrogen-bond acceptors (Lipinski definition) is 8. The molecule has 4 N–H and O–H groups in total. The van der Waals surface area contributed by atoms with Crippen molar-refractivity contribution in [2.24, 2.45) is 11.8 Å². The largest absolute Gasteiger partial charge is 0.388 e. The van der Waals surface area contributed by atoms with E-state index in [2.05, 4.69) is 21.8 Å². The van der Waals surface area contributed by atoms with Gasteiger partial charge in [0.1, 0.15) is 23.4 Å². The van der Waals surface area contributed by atoms with Crippen LogP contribution in [-0.2, 0) is 9.47 Å². The average molecular weight is 756 g/mol. The van der Waals surface area contributed by atoms with Crippen LogP contribution in [0, 0.1) is 80.6 Å². The zero-order chi connectivity index (χ0) is 28.4. The van der Waals surface area contributed by atoms with Gasteiger partial charge in [-0.3, -0.25) is 28.7 Å². The van der Waals surface area contributed by atoms with E-state index in [1.165, 1.54) is 24.5 Å². The van der Waals surface area contributed by atoms with Crippen molar-refractivity contribution < 1.29 is 63.7 Å². The molecule has 2 fully saturated rings. The van der Waals surface area contributed by atoms with Crippen molar-refractivity contribution in [1.82, 2.24) is 19.1 Å². The number of aliphatic hydroxyl groups is 2. The van der Waals surface area contributed by atoms with Crippen molar-refractivity contribution in [3.05, 3.63) is 66.2 Å².